The van der Waals surface area contributed by atoms with Gasteiger partial charge in [0.15, 0.2) is 22.8 Å². The monoisotopic (exact) mass is 952 g/mol. The number of aliphatic hydroxyl groups is 5. The van der Waals surface area contributed by atoms with E-state index in [2.05, 4.69) is 41.2 Å². The Morgan fingerprint density at radius 2 is 1.57 bits per heavy atom. The Morgan fingerprint density at radius 3 is 2.25 bits per heavy atom. The fourth-order valence-electron chi connectivity index (χ4n) is 5.75. The highest BCUT2D eigenvalue weighted by molar-refractivity contribution is 8.76. The molecule has 0 radical (unpaired) electrons. The molecule has 3 amide bonds. The van der Waals surface area contributed by atoms with Gasteiger partial charge in [-0.2, -0.15) is 9.97 Å². The van der Waals surface area contributed by atoms with Crippen molar-refractivity contribution >= 4 is 85.8 Å². The number of unbranched alkanes of at least 4 members (excludes halogenated alkanes) is 1. The molecule has 26 heteroatoms. The van der Waals surface area contributed by atoms with E-state index < -0.39 is 85.3 Å². The topological polar surface area (TPSA) is 405 Å². The van der Waals surface area contributed by atoms with E-state index in [1.165, 1.54) is 23.9 Å². The lowest BCUT2D eigenvalue weighted by Gasteiger charge is -2.25. The van der Waals surface area contributed by atoms with Crippen LogP contribution in [-0.4, -0.2) is 160 Å². The molecule has 0 fully saturated rings. The number of carbonyl (C=O) groups excluding carboxylic acids is 4. The van der Waals surface area contributed by atoms with E-state index in [9.17, 15) is 59.4 Å². The molecule has 3 rings (SSSR count). The van der Waals surface area contributed by atoms with Gasteiger partial charge in [0.1, 0.15) is 31.0 Å². The third-order valence-corrected chi connectivity index (χ3v) is 12.0. The lowest BCUT2D eigenvalue weighted by Crippen LogP contribution is -2.49. The number of nitrogen functional groups attached to an aromatic ring is 2. The Kier molecular flexibility index (Phi) is 22.8. The second-order valence-corrected chi connectivity index (χ2v) is 17.3. The molecule has 2 heterocycles. The number of nitrogens with one attached hydrogen (secondary N) is 4. The molecule has 0 spiro atoms. The van der Waals surface area contributed by atoms with Gasteiger partial charge in [-0.15, -0.1) is 0 Å². The normalized spacial score (nSPS) is 14.5. The van der Waals surface area contributed by atoms with Crippen molar-refractivity contribution in [3.63, 3.8) is 0 Å². The van der Waals surface area contributed by atoms with Crippen LogP contribution in [0.15, 0.2) is 30.5 Å². The predicted molar refractivity (Wildman–Crippen MR) is 238 cm³/mol. The number of aliphatic hydroxyl groups excluding tert-OH is 5. The summed E-state index contributed by atoms with van der Waals surface area (Å²) >= 11 is 0. The number of Topliss-reactive ketones (excluding diaryl/α,β-unsaturated/α-hetero) is 1. The molecule has 0 unspecified atom stereocenters. The van der Waals surface area contributed by atoms with E-state index >= 15 is 0 Å². The molecule has 0 bridgehead atoms. The molecular formula is C39H56N10O14S2. The summed E-state index contributed by atoms with van der Waals surface area (Å²) in [6, 6.07) is 5.32. The number of nitrogens with two attached hydrogens (primary N) is 2. The molecule has 0 saturated heterocycles. The quantitative estimate of drug-likeness (QED) is 0.0223. The third-order valence-electron chi connectivity index (χ3n) is 9.63. The average Bonchev–Trinajstić information content (AvgIpc) is 3.28. The number of hydrogen-bond acceptors (Lipinski definition) is 21. The average molecular weight is 953 g/mol. The van der Waals surface area contributed by atoms with Crippen molar-refractivity contribution in [1.29, 1.82) is 0 Å². The summed E-state index contributed by atoms with van der Waals surface area (Å²) in [4.78, 5) is 90.0. The van der Waals surface area contributed by atoms with Gasteiger partial charge in [-0.25, -0.2) is 19.6 Å². The number of amides is 3. The highest BCUT2D eigenvalue weighted by Gasteiger charge is 2.30. The minimum atomic E-state index is -1.85. The maximum absolute atomic E-state index is 12.9. The van der Waals surface area contributed by atoms with E-state index in [0.717, 1.165) is 10.8 Å². The van der Waals surface area contributed by atoms with Gasteiger partial charge < -0.3 is 73.2 Å². The van der Waals surface area contributed by atoms with Crippen LogP contribution in [0.4, 0.5) is 22.2 Å². The molecule has 24 nitrogen and oxygen atoms in total. The van der Waals surface area contributed by atoms with Crippen molar-refractivity contribution in [3.05, 3.63) is 41.7 Å². The molecule has 0 aliphatic carbocycles. The van der Waals surface area contributed by atoms with E-state index in [-0.39, 0.29) is 74.3 Å². The van der Waals surface area contributed by atoms with Crippen LogP contribution in [0.2, 0.25) is 0 Å². The van der Waals surface area contributed by atoms with Crippen molar-refractivity contribution < 1.29 is 69.2 Å². The fourth-order valence-corrected chi connectivity index (χ4v) is 7.73. The van der Waals surface area contributed by atoms with Crippen molar-refractivity contribution in [2.75, 3.05) is 54.6 Å². The van der Waals surface area contributed by atoms with Gasteiger partial charge in [0.2, 0.25) is 17.8 Å². The van der Waals surface area contributed by atoms with Crippen LogP contribution < -0.4 is 32.7 Å². The summed E-state index contributed by atoms with van der Waals surface area (Å²) in [5.41, 5.74) is 13.7. The van der Waals surface area contributed by atoms with Crippen molar-refractivity contribution in [1.82, 2.24) is 35.9 Å². The van der Waals surface area contributed by atoms with Crippen molar-refractivity contribution in [2.45, 2.75) is 82.5 Å². The highest BCUT2D eigenvalue weighted by atomic mass is 33.1. The maximum atomic E-state index is 12.9. The van der Waals surface area contributed by atoms with Crippen LogP contribution in [-0.2, 0) is 30.5 Å². The number of carboxylic acids is 2. The molecule has 15 N–H and O–H groups in total. The zero-order valence-corrected chi connectivity index (χ0v) is 37.0. The van der Waals surface area contributed by atoms with Gasteiger partial charge in [-0.3, -0.25) is 19.2 Å². The van der Waals surface area contributed by atoms with Crippen LogP contribution in [0, 0.1) is 11.8 Å². The Labute approximate surface area is 380 Å². The van der Waals surface area contributed by atoms with Crippen LogP contribution in [0.3, 0.4) is 0 Å². The molecule has 0 aliphatic rings. The van der Waals surface area contributed by atoms with Crippen LogP contribution >= 0.6 is 21.6 Å². The first-order valence-electron chi connectivity index (χ1n) is 20.3. The van der Waals surface area contributed by atoms with Gasteiger partial charge in [0.05, 0.1) is 37.1 Å². The number of anilines is 3. The first kappa shape index (κ1) is 53.7. The van der Waals surface area contributed by atoms with Gasteiger partial charge in [0.25, 0.3) is 0 Å². The summed E-state index contributed by atoms with van der Waals surface area (Å²) in [5, 5.41) is 77.4. The molecule has 65 heavy (non-hydrogen) atoms. The summed E-state index contributed by atoms with van der Waals surface area (Å²) in [6.07, 6.45) is -5.54. The smallest absolute Gasteiger partial charge is 0.407 e. The number of nitrogens with zero attached hydrogens (tertiary/aromatic N) is 4. The highest BCUT2D eigenvalue weighted by Crippen LogP contribution is 2.23. The lowest BCUT2D eigenvalue weighted by molar-refractivity contribution is -0.142. The molecule has 2 aromatic heterocycles. The number of rotatable bonds is 30. The lowest BCUT2D eigenvalue weighted by atomic mass is 9.93. The third kappa shape index (κ3) is 18.8. The SMILES string of the molecule is C[C@@H](CCC(=O)NC[C@H](O)[C@@H](O)[C@H](O)[C@H](O)CO)C(=O)N[C@@H](CSSCCOC(=O)NCCCC[C@H](CC(=O)c1ccc(NCc2cnc3nc(N)nc(N)c3n2)cc1)C(=O)O)C(=O)O. The summed E-state index contributed by atoms with van der Waals surface area (Å²) in [5.74, 6) is -5.25. The van der Waals surface area contributed by atoms with E-state index in [1.807, 2.05) is 0 Å². The standard InChI is InChI=1S/C39H56N10O14S2/c1-20(5-10-29(54)44-17-27(52)31(55)32(56)28(53)18-50)35(57)47-25(37(60)61)19-65-64-13-12-63-39(62)42-11-3-2-4-22(36(58)59)14-26(51)21-6-8-23(9-7-21)43-15-24-16-45-34-30(46-24)33(40)48-38(41)49-34/h6-9,16,20,22,25,27-28,31-32,43,50,52-53,55-56H,2-5,10-15,17-19H2,1H3,(H,42,62)(H,44,54)(H,47,57)(H,58,59)(H,60,61)(H4,40,41,45,48,49)/t20-,22+,25-,27-,28+,31+,32+/m0/s1. The maximum Gasteiger partial charge on any atom is 0.407 e. The van der Waals surface area contributed by atoms with Crippen LogP contribution in [0.25, 0.3) is 11.2 Å². The zero-order valence-electron chi connectivity index (χ0n) is 35.4. The first-order chi connectivity index (χ1) is 30.9. The molecule has 3 aromatic rings. The van der Waals surface area contributed by atoms with E-state index in [0.29, 0.717) is 41.1 Å². The fraction of sp³-hybridized carbons (Fsp3) is 0.538. The molecule has 0 aliphatic heterocycles. The summed E-state index contributed by atoms with van der Waals surface area (Å²) in [7, 11) is 2.34. The number of aromatic nitrogens is 4. The van der Waals surface area contributed by atoms with Gasteiger partial charge in [0, 0.05) is 54.6 Å². The number of hydrogen-bond donors (Lipinski definition) is 13. The summed E-state index contributed by atoms with van der Waals surface area (Å²) in [6.45, 7) is 0.635. The number of benzene rings is 1. The second-order valence-electron chi connectivity index (χ2n) is 14.7. The number of ketones is 1. The molecule has 1 aromatic carbocycles. The zero-order chi connectivity index (χ0) is 48.1. The Morgan fingerprint density at radius 1 is 0.862 bits per heavy atom. The molecular weight excluding hydrogens is 897 g/mol. The number of carbonyl (C=O) groups is 6. The van der Waals surface area contributed by atoms with Crippen LogP contribution in [0.5, 0.6) is 0 Å². The van der Waals surface area contributed by atoms with Crippen molar-refractivity contribution in [3.8, 4) is 0 Å². The molecule has 358 valence electrons. The largest absolute Gasteiger partial charge is 0.481 e. The van der Waals surface area contributed by atoms with Gasteiger partial charge in [-0.05, 0) is 43.5 Å². The van der Waals surface area contributed by atoms with Crippen molar-refractivity contribution in [2.24, 2.45) is 11.8 Å². The summed E-state index contributed by atoms with van der Waals surface area (Å²) < 4.78 is 5.12. The number of ether oxygens (including phenoxy) is 1. The Balaban J connectivity index is 1.25. The van der Waals surface area contributed by atoms with Gasteiger partial charge >= 0.3 is 18.0 Å². The minimum Gasteiger partial charge on any atom is -0.481 e. The predicted octanol–water partition coefficient (Wildman–Crippen LogP) is -0.714. The Hall–Kier alpha value is -5.64. The first-order valence-corrected chi connectivity index (χ1v) is 22.8. The number of alkyl carbamates (subject to hydrolysis) is 1. The Bertz CT molecular complexity index is 2060. The minimum absolute atomic E-state index is 0.00505. The number of aliphatic carboxylic acids is 2. The number of carboxylic acid groups (broad SMARTS) is 2. The van der Waals surface area contributed by atoms with Crippen LogP contribution in [0.1, 0.15) is 61.5 Å². The molecule has 0 saturated carbocycles. The molecule has 7 atom stereocenters. The number of fused-ring (bicyclic) bond motifs is 1. The van der Waals surface area contributed by atoms with E-state index in [1.54, 1.807) is 24.3 Å². The van der Waals surface area contributed by atoms with Gasteiger partial charge in [-0.1, -0.05) is 34.9 Å². The second kappa shape index (κ2) is 27.6. The van der Waals surface area contributed by atoms with E-state index in [4.69, 9.17) is 21.3 Å².